The highest BCUT2D eigenvalue weighted by molar-refractivity contribution is 5.43. The van der Waals surface area contributed by atoms with Crippen LogP contribution in [0.3, 0.4) is 0 Å². The van der Waals surface area contributed by atoms with Gasteiger partial charge in [-0.05, 0) is 25.3 Å². The molecule has 1 saturated heterocycles. The Hall–Kier alpha value is -1.77. The molecule has 1 N–H and O–H groups in total. The summed E-state index contributed by atoms with van der Waals surface area (Å²) in [5.41, 5.74) is 0.415. The predicted octanol–water partition coefficient (Wildman–Crippen LogP) is 2.90. The second-order valence-corrected chi connectivity index (χ2v) is 6.89. The lowest BCUT2D eigenvalue weighted by molar-refractivity contribution is -0.122. The maximum absolute atomic E-state index is 11.2. The highest BCUT2D eigenvalue weighted by Gasteiger charge is 2.49. The normalized spacial score (nSPS) is 30.2. The number of likely N-dealkylation sites (tertiary alicyclic amines) is 1. The molecule has 5 nitrogen and oxygen atoms in total. The minimum absolute atomic E-state index is 0.00422. The summed E-state index contributed by atoms with van der Waals surface area (Å²) in [6.07, 6.45) is 4.79. The van der Waals surface area contributed by atoms with Gasteiger partial charge in [0, 0.05) is 30.1 Å². The van der Waals surface area contributed by atoms with E-state index in [0.29, 0.717) is 6.54 Å². The zero-order valence-corrected chi connectivity index (χ0v) is 14.5. The molecule has 1 aromatic carbocycles. The molecule has 130 valence electrons. The third-order valence-electron chi connectivity index (χ3n) is 5.70. The van der Waals surface area contributed by atoms with E-state index in [1.54, 1.807) is 14.2 Å². The van der Waals surface area contributed by atoms with Gasteiger partial charge in [-0.2, -0.15) is 5.26 Å². The van der Waals surface area contributed by atoms with E-state index in [0.717, 1.165) is 55.7 Å². The first kappa shape index (κ1) is 17.1. The summed E-state index contributed by atoms with van der Waals surface area (Å²) in [5.74, 6) is 1.64. The number of benzene rings is 1. The van der Waals surface area contributed by atoms with Crippen LogP contribution in [-0.4, -0.2) is 42.9 Å². The van der Waals surface area contributed by atoms with Crippen molar-refractivity contribution in [3.8, 4) is 17.6 Å². The van der Waals surface area contributed by atoms with Gasteiger partial charge >= 0.3 is 0 Å². The third kappa shape index (κ3) is 2.97. The Bertz CT molecular complexity index is 628. The topological polar surface area (TPSA) is 65.7 Å². The summed E-state index contributed by atoms with van der Waals surface area (Å²) < 4.78 is 10.9. The first-order valence-electron chi connectivity index (χ1n) is 8.68. The SMILES string of the molecule is COc1ccc([C@H]2[C@@H]3CCCC[C@@]3(O)CCN2CC#N)c(OC)c1. The van der Waals surface area contributed by atoms with Crippen molar-refractivity contribution < 1.29 is 14.6 Å². The number of ether oxygens (including phenoxy) is 2. The fraction of sp³-hybridized carbons (Fsp3) is 0.632. The van der Waals surface area contributed by atoms with E-state index in [1.165, 1.54) is 0 Å². The first-order chi connectivity index (χ1) is 11.6. The van der Waals surface area contributed by atoms with Gasteiger partial charge in [-0.1, -0.05) is 18.9 Å². The quantitative estimate of drug-likeness (QED) is 0.860. The van der Waals surface area contributed by atoms with E-state index >= 15 is 0 Å². The molecule has 0 bridgehead atoms. The smallest absolute Gasteiger partial charge is 0.127 e. The molecule has 2 fully saturated rings. The van der Waals surface area contributed by atoms with Crippen LogP contribution in [0.1, 0.15) is 43.7 Å². The van der Waals surface area contributed by atoms with Crippen molar-refractivity contribution in [2.75, 3.05) is 27.3 Å². The number of nitriles is 1. The molecular weight excluding hydrogens is 304 g/mol. The van der Waals surface area contributed by atoms with Gasteiger partial charge in [0.15, 0.2) is 0 Å². The largest absolute Gasteiger partial charge is 0.497 e. The fourth-order valence-electron chi connectivity index (χ4n) is 4.49. The minimum Gasteiger partial charge on any atom is -0.497 e. The number of rotatable bonds is 4. The Morgan fingerprint density at radius 2 is 2.12 bits per heavy atom. The standard InChI is InChI=1S/C19H26N2O3/c1-23-14-6-7-15(17(13-14)24-2)18-16-5-3-4-8-19(16,22)9-11-21(18)12-10-20/h6-7,13,16,18,22H,3-5,8-9,11-12H2,1-2H3/t16-,18-,19+/m0/s1. The number of aliphatic hydroxyl groups is 1. The molecule has 5 heteroatoms. The van der Waals surface area contributed by atoms with Gasteiger partial charge in [-0.15, -0.1) is 0 Å². The van der Waals surface area contributed by atoms with Gasteiger partial charge in [-0.25, -0.2) is 0 Å². The molecule has 0 spiro atoms. The van der Waals surface area contributed by atoms with E-state index in [2.05, 4.69) is 11.0 Å². The zero-order chi connectivity index (χ0) is 17.2. The highest BCUT2D eigenvalue weighted by atomic mass is 16.5. The lowest BCUT2D eigenvalue weighted by Gasteiger charge is -2.52. The van der Waals surface area contributed by atoms with Crippen LogP contribution in [0.15, 0.2) is 18.2 Å². The predicted molar refractivity (Wildman–Crippen MR) is 91.0 cm³/mol. The maximum atomic E-state index is 11.2. The molecule has 0 unspecified atom stereocenters. The van der Waals surface area contributed by atoms with Crippen molar-refractivity contribution in [2.45, 2.75) is 43.7 Å². The van der Waals surface area contributed by atoms with Crippen LogP contribution < -0.4 is 9.47 Å². The van der Waals surface area contributed by atoms with E-state index in [-0.39, 0.29) is 12.0 Å². The van der Waals surface area contributed by atoms with Gasteiger partial charge in [0.1, 0.15) is 11.5 Å². The number of hydrogen-bond acceptors (Lipinski definition) is 5. The van der Waals surface area contributed by atoms with Crippen LogP contribution in [0, 0.1) is 17.2 Å². The summed E-state index contributed by atoms with van der Waals surface area (Å²) in [5, 5.41) is 20.4. The minimum atomic E-state index is -0.625. The van der Waals surface area contributed by atoms with Crippen molar-refractivity contribution in [1.29, 1.82) is 5.26 Å². The van der Waals surface area contributed by atoms with Crippen LogP contribution in [0.5, 0.6) is 11.5 Å². The summed E-state index contributed by atoms with van der Waals surface area (Å²) in [6, 6.07) is 8.12. The molecule has 0 radical (unpaired) electrons. The molecule has 2 aliphatic rings. The van der Waals surface area contributed by atoms with E-state index in [1.807, 2.05) is 18.2 Å². The van der Waals surface area contributed by atoms with Crippen LogP contribution >= 0.6 is 0 Å². The number of fused-ring (bicyclic) bond motifs is 1. The molecule has 24 heavy (non-hydrogen) atoms. The Morgan fingerprint density at radius 3 is 2.83 bits per heavy atom. The lowest BCUT2D eigenvalue weighted by atomic mass is 9.66. The fourth-order valence-corrected chi connectivity index (χ4v) is 4.49. The second kappa shape index (κ2) is 7.00. The van der Waals surface area contributed by atoms with Crippen molar-refractivity contribution in [3.63, 3.8) is 0 Å². The Kier molecular flexibility index (Phi) is 4.98. The van der Waals surface area contributed by atoms with Gasteiger partial charge in [0.05, 0.1) is 32.4 Å². The monoisotopic (exact) mass is 330 g/mol. The molecular formula is C19H26N2O3. The van der Waals surface area contributed by atoms with E-state index in [4.69, 9.17) is 9.47 Å². The Balaban J connectivity index is 2.04. The number of hydrogen-bond donors (Lipinski definition) is 1. The zero-order valence-electron chi connectivity index (χ0n) is 14.5. The van der Waals surface area contributed by atoms with Crippen molar-refractivity contribution in [2.24, 2.45) is 5.92 Å². The molecule has 1 aliphatic carbocycles. The molecule has 0 aromatic heterocycles. The van der Waals surface area contributed by atoms with E-state index < -0.39 is 5.60 Å². The van der Waals surface area contributed by atoms with Crippen molar-refractivity contribution >= 4 is 0 Å². The molecule has 3 rings (SSSR count). The second-order valence-electron chi connectivity index (χ2n) is 6.89. The van der Waals surface area contributed by atoms with Gasteiger partial charge < -0.3 is 14.6 Å². The summed E-state index contributed by atoms with van der Waals surface area (Å²) >= 11 is 0. The molecule has 1 saturated carbocycles. The van der Waals surface area contributed by atoms with Gasteiger partial charge in [0.2, 0.25) is 0 Å². The third-order valence-corrected chi connectivity index (χ3v) is 5.70. The number of methoxy groups -OCH3 is 2. The average Bonchev–Trinajstić information content (AvgIpc) is 2.61. The summed E-state index contributed by atoms with van der Waals surface area (Å²) in [6.45, 7) is 1.10. The van der Waals surface area contributed by atoms with Crippen LogP contribution in [0.2, 0.25) is 0 Å². The summed E-state index contributed by atoms with van der Waals surface area (Å²) in [4.78, 5) is 2.19. The maximum Gasteiger partial charge on any atom is 0.127 e. The molecule has 1 heterocycles. The first-order valence-corrected chi connectivity index (χ1v) is 8.68. The number of nitrogens with zero attached hydrogens (tertiary/aromatic N) is 2. The average molecular weight is 330 g/mol. The lowest BCUT2D eigenvalue weighted by Crippen LogP contribution is -2.54. The van der Waals surface area contributed by atoms with Crippen LogP contribution in [0.4, 0.5) is 0 Å². The van der Waals surface area contributed by atoms with Gasteiger partial charge in [0.25, 0.3) is 0 Å². The Labute approximate surface area is 143 Å². The highest BCUT2D eigenvalue weighted by Crippen LogP contribution is 2.51. The van der Waals surface area contributed by atoms with E-state index in [9.17, 15) is 10.4 Å². The molecule has 0 amide bonds. The molecule has 3 atom stereocenters. The Morgan fingerprint density at radius 1 is 1.29 bits per heavy atom. The summed E-state index contributed by atoms with van der Waals surface area (Å²) in [7, 11) is 3.29. The van der Waals surface area contributed by atoms with Crippen LogP contribution in [0.25, 0.3) is 0 Å². The van der Waals surface area contributed by atoms with Crippen molar-refractivity contribution in [1.82, 2.24) is 4.90 Å². The molecule has 1 aromatic rings. The van der Waals surface area contributed by atoms with Crippen LogP contribution in [-0.2, 0) is 0 Å². The number of piperidine rings is 1. The molecule has 1 aliphatic heterocycles. The van der Waals surface area contributed by atoms with Crippen molar-refractivity contribution in [3.05, 3.63) is 23.8 Å². The van der Waals surface area contributed by atoms with Gasteiger partial charge in [-0.3, -0.25) is 4.90 Å².